The van der Waals surface area contributed by atoms with E-state index in [0.717, 1.165) is 18.4 Å². The van der Waals surface area contributed by atoms with Crippen LogP contribution in [0.25, 0.3) is 0 Å². The molecule has 0 spiro atoms. The summed E-state index contributed by atoms with van der Waals surface area (Å²) in [5, 5.41) is 0. The number of carbonyl (C=O) groups excluding carboxylic acids is 1. The molecule has 1 fully saturated rings. The highest BCUT2D eigenvalue weighted by atomic mass is 16.2. The number of aryl methyl sites for hydroxylation is 1. The van der Waals surface area contributed by atoms with E-state index in [0.29, 0.717) is 12.6 Å². The van der Waals surface area contributed by atoms with Gasteiger partial charge in [0.05, 0.1) is 0 Å². The third-order valence-electron chi connectivity index (χ3n) is 3.65. The summed E-state index contributed by atoms with van der Waals surface area (Å²) in [6.07, 6.45) is 6.56. The van der Waals surface area contributed by atoms with Crippen molar-refractivity contribution in [2.24, 2.45) is 0 Å². The summed E-state index contributed by atoms with van der Waals surface area (Å²) >= 11 is 0. The van der Waals surface area contributed by atoms with Crippen LogP contribution in [-0.4, -0.2) is 23.4 Å². The van der Waals surface area contributed by atoms with Crippen LogP contribution in [0.5, 0.6) is 0 Å². The minimum Gasteiger partial charge on any atom is -0.332 e. The van der Waals surface area contributed by atoms with Crippen LogP contribution in [0.2, 0.25) is 0 Å². The lowest BCUT2D eigenvalue weighted by molar-refractivity contribution is 0.0706. The van der Waals surface area contributed by atoms with E-state index in [9.17, 15) is 4.79 Å². The minimum absolute atomic E-state index is 0.141. The molecular formula is C16H21NO. The van der Waals surface area contributed by atoms with Crippen LogP contribution in [-0.2, 0) is 0 Å². The number of benzene rings is 1. The van der Waals surface area contributed by atoms with Crippen molar-refractivity contribution in [1.29, 1.82) is 0 Å². The number of carbonyl (C=O) groups is 1. The van der Waals surface area contributed by atoms with Crippen LogP contribution in [0.15, 0.2) is 36.9 Å². The number of hydrogen-bond donors (Lipinski definition) is 0. The van der Waals surface area contributed by atoms with E-state index in [2.05, 4.69) is 6.58 Å². The summed E-state index contributed by atoms with van der Waals surface area (Å²) < 4.78 is 0. The lowest BCUT2D eigenvalue weighted by atomic mass is 10.1. The van der Waals surface area contributed by atoms with Crippen molar-refractivity contribution in [3.05, 3.63) is 48.0 Å². The molecule has 1 saturated carbocycles. The second-order valence-electron chi connectivity index (χ2n) is 5.05. The predicted molar refractivity (Wildman–Crippen MR) is 74.7 cm³/mol. The Kier molecular flexibility index (Phi) is 4.19. The smallest absolute Gasteiger partial charge is 0.254 e. The maximum absolute atomic E-state index is 12.5. The molecule has 0 aromatic heterocycles. The van der Waals surface area contributed by atoms with Crippen molar-refractivity contribution in [3.8, 4) is 0 Å². The number of hydrogen-bond acceptors (Lipinski definition) is 1. The molecule has 0 N–H and O–H groups in total. The fourth-order valence-electron chi connectivity index (χ4n) is 2.61. The van der Waals surface area contributed by atoms with E-state index in [4.69, 9.17) is 0 Å². The highest BCUT2D eigenvalue weighted by Gasteiger charge is 2.26. The van der Waals surface area contributed by atoms with Crippen molar-refractivity contribution in [1.82, 2.24) is 4.90 Å². The lowest BCUT2D eigenvalue weighted by Crippen LogP contribution is -2.38. The monoisotopic (exact) mass is 243 g/mol. The largest absolute Gasteiger partial charge is 0.332 e. The van der Waals surface area contributed by atoms with Crippen molar-refractivity contribution >= 4 is 5.91 Å². The molecule has 1 aromatic rings. The van der Waals surface area contributed by atoms with E-state index in [1.807, 2.05) is 42.2 Å². The molecule has 1 aliphatic carbocycles. The molecule has 0 unspecified atom stereocenters. The van der Waals surface area contributed by atoms with E-state index in [1.165, 1.54) is 18.4 Å². The molecule has 1 aromatic carbocycles. The summed E-state index contributed by atoms with van der Waals surface area (Å²) in [4.78, 5) is 14.5. The summed E-state index contributed by atoms with van der Waals surface area (Å²) in [5.74, 6) is 0.141. The van der Waals surface area contributed by atoms with Gasteiger partial charge in [-0.15, -0.1) is 6.58 Å². The normalized spacial score (nSPS) is 15.6. The van der Waals surface area contributed by atoms with Crippen LogP contribution in [0.4, 0.5) is 0 Å². The SMILES string of the molecule is C=CCN(C(=O)c1ccc(C)cc1)C1CCCC1. The molecule has 96 valence electrons. The zero-order valence-electron chi connectivity index (χ0n) is 11.1. The van der Waals surface area contributed by atoms with Gasteiger partial charge in [-0.05, 0) is 31.9 Å². The average molecular weight is 243 g/mol. The molecule has 0 radical (unpaired) electrons. The standard InChI is InChI=1S/C16H21NO/c1-3-12-17(15-6-4-5-7-15)16(18)14-10-8-13(2)9-11-14/h3,8-11,15H,1,4-7,12H2,2H3. The molecule has 0 heterocycles. The van der Waals surface area contributed by atoms with Crippen molar-refractivity contribution in [2.75, 3.05) is 6.54 Å². The van der Waals surface area contributed by atoms with E-state index in [-0.39, 0.29) is 5.91 Å². The van der Waals surface area contributed by atoms with Gasteiger partial charge in [-0.3, -0.25) is 4.79 Å². The van der Waals surface area contributed by atoms with Gasteiger partial charge in [-0.1, -0.05) is 36.6 Å². The molecule has 0 aliphatic heterocycles. The highest BCUT2D eigenvalue weighted by molar-refractivity contribution is 5.94. The third kappa shape index (κ3) is 2.81. The predicted octanol–water partition coefficient (Wildman–Crippen LogP) is 3.57. The number of amides is 1. The van der Waals surface area contributed by atoms with Gasteiger partial charge in [-0.2, -0.15) is 0 Å². The first-order valence-electron chi connectivity index (χ1n) is 6.71. The molecule has 1 amide bonds. The topological polar surface area (TPSA) is 20.3 Å². The second kappa shape index (κ2) is 5.85. The van der Waals surface area contributed by atoms with Crippen LogP contribution in [0.1, 0.15) is 41.6 Å². The summed E-state index contributed by atoms with van der Waals surface area (Å²) in [7, 11) is 0. The van der Waals surface area contributed by atoms with Gasteiger partial charge in [0.1, 0.15) is 0 Å². The summed E-state index contributed by atoms with van der Waals surface area (Å²) in [6.45, 7) is 6.45. The van der Waals surface area contributed by atoms with Gasteiger partial charge in [-0.25, -0.2) is 0 Å². The van der Waals surface area contributed by atoms with Gasteiger partial charge >= 0.3 is 0 Å². The van der Waals surface area contributed by atoms with E-state index >= 15 is 0 Å². The average Bonchev–Trinajstić information content (AvgIpc) is 2.90. The first-order valence-corrected chi connectivity index (χ1v) is 6.71. The Bertz CT molecular complexity index is 415. The summed E-state index contributed by atoms with van der Waals surface area (Å²) in [6, 6.07) is 8.23. The Labute approximate surface area is 109 Å². The van der Waals surface area contributed by atoms with E-state index in [1.54, 1.807) is 0 Å². The van der Waals surface area contributed by atoms with Crippen molar-refractivity contribution in [2.45, 2.75) is 38.6 Å². The highest BCUT2D eigenvalue weighted by Crippen LogP contribution is 2.24. The zero-order valence-corrected chi connectivity index (χ0v) is 11.1. The first kappa shape index (κ1) is 12.9. The fraction of sp³-hybridized carbons (Fsp3) is 0.438. The van der Waals surface area contributed by atoms with Gasteiger partial charge in [0.15, 0.2) is 0 Å². The zero-order chi connectivity index (χ0) is 13.0. The maximum Gasteiger partial charge on any atom is 0.254 e. The summed E-state index contributed by atoms with van der Waals surface area (Å²) in [5.41, 5.74) is 1.97. The van der Waals surface area contributed by atoms with Gasteiger partial charge in [0.25, 0.3) is 5.91 Å². The van der Waals surface area contributed by atoms with Crippen molar-refractivity contribution < 1.29 is 4.79 Å². The van der Waals surface area contributed by atoms with Gasteiger partial charge < -0.3 is 4.90 Å². The number of rotatable bonds is 4. The second-order valence-corrected chi connectivity index (χ2v) is 5.05. The van der Waals surface area contributed by atoms with Gasteiger partial charge in [0, 0.05) is 18.2 Å². The van der Waals surface area contributed by atoms with Crippen molar-refractivity contribution in [3.63, 3.8) is 0 Å². The maximum atomic E-state index is 12.5. The lowest BCUT2D eigenvalue weighted by Gasteiger charge is -2.28. The molecular weight excluding hydrogens is 222 g/mol. The quantitative estimate of drug-likeness (QED) is 0.740. The minimum atomic E-state index is 0.141. The molecule has 0 saturated heterocycles. The van der Waals surface area contributed by atoms with Crippen LogP contribution >= 0.6 is 0 Å². The van der Waals surface area contributed by atoms with Crippen LogP contribution < -0.4 is 0 Å². The number of nitrogens with zero attached hydrogens (tertiary/aromatic N) is 1. The molecule has 2 nitrogen and oxygen atoms in total. The molecule has 1 aliphatic rings. The van der Waals surface area contributed by atoms with Crippen LogP contribution in [0, 0.1) is 6.92 Å². The Morgan fingerprint density at radius 1 is 1.33 bits per heavy atom. The molecule has 2 rings (SSSR count). The third-order valence-corrected chi connectivity index (χ3v) is 3.65. The first-order chi connectivity index (χ1) is 8.72. The van der Waals surface area contributed by atoms with Crippen LogP contribution in [0.3, 0.4) is 0 Å². The Morgan fingerprint density at radius 3 is 2.50 bits per heavy atom. The Morgan fingerprint density at radius 2 is 1.94 bits per heavy atom. The molecule has 2 heteroatoms. The molecule has 0 atom stereocenters. The molecule has 0 bridgehead atoms. The molecule has 18 heavy (non-hydrogen) atoms. The van der Waals surface area contributed by atoms with Gasteiger partial charge in [0.2, 0.25) is 0 Å². The fourth-order valence-corrected chi connectivity index (χ4v) is 2.61. The Balaban J connectivity index is 2.16. The van der Waals surface area contributed by atoms with E-state index < -0.39 is 0 Å². The Hall–Kier alpha value is -1.57.